The molecular formula is C46H36N2O. The highest BCUT2D eigenvalue weighted by molar-refractivity contribution is 5.95. The number of hydrogen-bond acceptors (Lipinski definition) is 3. The molecule has 0 unspecified atom stereocenters. The first-order valence-electron chi connectivity index (χ1n) is 16.9. The second-order valence-electron chi connectivity index (χ2n) is 13.5. The average Bonchev–Trinajstić information content (AvgIpc) is 3.15. The summed E-state index contributed by atoms with van der Waals surface area (Å²) in [6, 6.07) is 58.8. The third-order valence-electron chi connectivity index (χ3n) is 10.2. The van der Waals surface area contributed by atoms with Crippen molar-refractivity contribution in [2.75, 3.05) is 9.80 Å². The molecule has 0 fully saturated rings. The minimum Gasteiger partial charge on any atom is -0.453 e. The van der Waals surface area contributed by atoms with Gasteiger partial charge in [0.25, 0.3) is 0 Å². The fourth-order valence-corrected chi connectivity index (χ4v) is 7.63. The highest BCUT2D eigenvalue weighted by Gasteiger charge is 2.42. The number of anilines is 6. The molecule has 0 spiro atoms. The molecule has 0 aromatic heterocycles. The molecule has 0 amide bonds. The molecule has 49 heavy (non-hydrogen) atoms. The van der Waals surface area contributed by atoms with Crippen LogP contribution in [-0.2, 0) is 5.41 Å². The summed E-state index contributed by atoms with van der Waals surface area (Å²) in [4.78, 5) is 4.81. The minimum absolute atomic E-state index is 0.267. The van der Waals surface area contributed by atoms with Gasteiger partial charge in [0.1, 0.15) is 0 Å². The fourth-order valence-electron chi connectivity index (χ4n) is 7.63. The summed E-state index contributed by atoms with van der Waals surface area (Å²) in [5.41, 5.74) is 15.0. The molecule has 0 atom stereocenters. The van der Waals surface area contributed by atoms with E-state index in [4.69, 9.17) is 4.74 Å². The Hall–Kier alpha value is -6.06. The molecule has 2 heterocycles. The molecule has 7 aromatic carbocycles. The Morgan fingerprint density at radius 3 is 1.57 bits per heavy atom. The summed E-state index contributed by atoms with van der Waals surface area (Å²) in [7, 11) is 0. The molecular weight excluding hydrogens is 597 g/mol. The van der Waals surface area contributed by atoms with Gasteiger partial charge in [-0.1, -0.05) is 123 Å². The predicted molar refractivity (Wildman–Crippen MR) is 204 cm³/mol. The Balaban J connectivity index is 1.21. The van der Waals surface area contributed by atoms with Gasteiger partial charge in [-0.05, 0) is 100 Å². The zero-order chi connectivity index (χ0) is 33.1. The molecule has 2 aliphatic heterocycles. The van der Waals surface area contributed by atoms with Crippen LogP contribution in [0, 0.1) is 6.92 Å². The molecule has 0 saturated heterocycles. The smallest absolute Gasteiger partial charge is 0.151 e. The van der Waals surface area contributed by atoms with Crippen LogP contribution in [-0.4, -0.2) is 0 Å². The van der Waals surface area contributed by atoms with Gasteiger partial charge in [0.15, 0.2) is 11.5 Å². The van der Waals surface area contributed by atoms with E-state index in [0.717, 1.165) is 39.9 Å². The van der Waals surface area contributed by atoms with Crippen molar-refractivity contribution >= 4 is 34.1 Å². The summed E-state index contributed by atoms with van der Waals surface area (Å²) in [5.74, 6) is 1.79. The van der Waals surface area contributed by atoms with Crippen LogP contribution in [0.4, 0.5) is 34.1 Å². The highest BCUT2D eigenvalue weighted by atomic mass is 16.5. The van der Waals surface area contributed by atoms with E-state index < -0.39 is 0 Å². The molecule has 236 valence electrons. The van der Waals surface area contributed by atoms with Crippen molar-refractivity contribution < 1.29 is 4.74 Å². The number of ether oxygens (including phenoxy) is 1. The van der Waals surface area contributed by atoms with Crippen LogP contribution in [0.2, 0.25) is 0 Å². The Morgan fingerprint density at radius 1 is 0.469 bits per heavy atom. The van der Waals surface area contributed by atoms with Crippen molar-refractivity contribution in [1.82, 2.24) is 0 Å². The van der Waals surface area contributed by atoms with Crippen LogP contribution in [0.15, 0.2) is 164 Å². The summed E-state index contributed by atoms with van der Waals surface area (Å²) in [6.07, 6.45) is 0. The highest BCUT2D eigenvalue weighted by Crippen LogP contribution is 2.61. The van der Waals surface area contributed by atoms with E-state index in [0.29, 0.717) is 0 Å². The lowest BCUT2D eigenvalue weighted by molar-refractivity contribution is 0.471. The quantitative estimate of drug-likeness (QED) is 0.188. The Kier molecular flexibility index (Phi) is 6.70. The summed E-state index contributed by atoms with van der Waals surface area (Å²) in [5, 5.41) is 0. The third-order valence-corrected chi connectivity index (χ3v) is 10.2. The maximum atomic E-state index is 6.52. The van der Waals surface area contributed by atoms with Crippen LogP contribution >= 0.6 is 0 Å². The van der Waals surface area contributed by atoms with Crippen molar-refractivity contribution in [3.63, 3.8) is 0 Å². The molecule has 0 saturated carbocycles. The standard InChI is InChI=1S/C46H36N2O/c1-31-12-10-18-42-44(31)48-41-29-28-38(30-40(41)46(2,3)39-17-11-19-43(49-42)45(39)48)47(36-24-20-34(21-25-36)32-13-6-4-7-14-32)37-26-22-35(23-27-37)33-15-8-5-9-16-33/h4-30H,1-3H3. The van der Waals surface area contributed by atoms with Crippen LogP contribution < -0.4 is 14.5 Å². The van der Waals surface area contributed by atoms with Crippen LogP contribution in [0.3, 0.4) is 0 Å². The molecule has 0 radical (unpaired) electrons. The summed E-state index contributed by atoms with van der Waals surface area (Å²) in [6.45, 7) is 6.84. The SMILES string of the molecule is Cc1cccc2c1N1c3ccc(N(c4ccc(-c5ccccc5)cc4)c4ccc(-c5ccccc5)cc4)cc3C(C)(C)c3cccc(c31)O2. The van der Waals surface area contributed by atoms with Gasteiger partial charge >= 0.3 is 0 Å². The predicted octanol–water partition coefficient (Wildman–Crippen LogP) is 13.0. The van der Waals surface area contributed by atoms with Crippen LogP contribution in [0.1, 0.15) is 30.5 Å². The first kappa shape index (κ1) is 29.1. The molecule has 0 N–H and O–H groups in total. The molecule has 0 bridgehead atoms. The lowest BCUT2D eigenvalue weighted by Gasteiger charge is -2.45. The monoisotopic (exact) mass is 632 g/mol. The van der Waals surface area contributed by atoms with E-state index in [1.165, 1.54) is 44.6 Å². The molecule has 7 aromatic rings. The minimum atomic E-state index is -0.267. The van der Waals surface area contributed by atoms with Gasteiger partial charge in [0.2, 0.25) is 0 Å². The second-order valence-corrected chi connectivity index (χ2v) is 13.5. The maximum absolute atomic E-state index is 6.52. The topological polar surface area (TPSA) is 15.7 Å². The van der Waals surface area contributed by atoms with Crippen LogP contribution in [0.25, 0.3) is 22.3 Å². The number of benzene rings is 7. The van der Waals surface area contributed by atoms with Gasteiger partial charge in [-0.15, -0.1) is 0 Å². The van der Waals surface area contributed by atoms with E-state index in [2.05, 4.69) is 194 Å². The fraction of sp³-hybridized carbons (Fsp3) is 0.0870. The van der Waals surface area contributed by atoms with E-state index in [1.807, 2.05) is 0 Å². The molecule has 3 nitrogen and oxygen atoms in total. The summed E-state index contributed by atoms with van der Waals surface area (Å²) < 4.78 is 6.52. The van der Waals surface area contributed by atoms with Gasteiger partial charge in [0.05, 0.1) is 17.1 Å². The first-order chi connectivity index (χ1) is 24.0. The number of rotatable bonds is 5. The zero-order valence-corrected chi connectivity index (χ0v) is 27.9. The number of fused-ring (bicyclic) bond motifs is 4. The molecule has 9 rings (SSSR count). The molecule has 0 aliphatic carbocycles. The second kappa shape index (κ2) is 11.3. The van der Waals surface area contributed by atoms with Crippen molar-refractivity contribution in [3.8, 4) is 33.8 Å². The van der Waals surface area contributed by atoms with Crippen molar-refractivity contribution in [1.29, 1.82) is 0 Å². The van der Waals surface area contributed by atoms with E-state index in [1.54, 1.807) is 0 Å². The summed E-state index contributed by atoms with van der Waals surface area (Å²) >= 11 is 0. The Labute approximate surface area is 288 Å². The molecule has 3 heteroatoms. The van der Waals surface area contributed by atoms with E-state index in [-0.39, 0.29) is 5.41 Å². The van der Waals surface area contributed by atoms with Crippen molar-refractivity contribution in [2.24, 2.45) is 0 Å². The normalized spacial score (nSPS) is 13.5. The zero-order valence-electron chi connectivity index (χ0n) is 27.9. The van der Waals surface area contributed by atoms with Crippen LogP contribution in [0.5, 0.6) is 11.5 Å². The van der Waals surface area contributed by atoms with Gasteiger partial charge in [0, 0.05) is 22.5 Å². The van der Waals surface area contributed by atoms with Gasteiger partial charge in [-0.2, -0.15) is 0 Å². The van der Waals surface area contributed by atoms with Gasteiger partial charge in [-0.3, -0.25) is 0 Å². The van der Waals surface area contributed by atoms with Gasteiger partial charge in [-0.25, -0.2) is 0 Å². The van der Waals surface area contributed by atoms with Crippen molar-refractivity contribution in [3.05, 3.63) is 180 Å². The average molecular weight is 633 g/mol. The number of nitrogens with zero attached hydrogens (tertiary/aromatic N) is 2. The number of aryl methyl sites for hydroxylation is 1. The first-order valence-corrected chi connectivity index (χ1v) is 16.9. The Bertz CT molecular complexity index is 2240. The Morgan fingerprint density at radius 2 is 0.980 bits per heavy atom. The number of hydrogen-bond donors (Lipinski definition) is 0. The lowest BCUT2D eigenvalue weighted by atomic mass is 9.73. The third kappa shape index (κ3) is 4.73. The van der Waals surface area contributed by atoms with Crippen molar-refractivity contribution in [2.45, 2.75) is 26.2 Å². The van der Waals surface area contributed by atoms with E-state index >= 15 is 0 Å². The maximum Gasteiger partial charge on any atom is 0.151 e. The molecule has 2 aliphatic rings. The van der Waals surface area contributed by atoms with E-state index in [9.17, 15) is 0 Å². The largest absolute Gasteiger partial charge is 0.453 e. The number of para-hydroxylation sites is 2. The van der Waals surface area contributed by atoms with Gasteiger partial charge < -0.3 is 14.5 Å². The lowest BCUT2D eigenvalue weighted by Crippen LogP contribution is -2.32.